The van der Waals surface area contributed by atoms with Crippen LogP contribution in [0.3, 0.4) is 0 Å². The van der Waals surface area contributed by atoms with Crippen LogP contribution in [0.5, 0.6) is 11.5 Å². The lowest BCUT2D eigenvalue weighted by Crippen LogP contribution is -2.53. The van der Waals surface area contributed by atoms with Crippen LogP contribution in [-0.4, -0.2) is 42.5 Å². The van der Waals surface area contributed by atoms with Gasteiger partial charge in [0.1, 0.15) is 17.5 Å². The third kappa shape index (κ3) is 7.99. The molecule has 7 heteroatoms. The maximum absolute atomic E-state index is 13.8. The van der Waals surface area contributed by atoms with E-state index in [9.17, 15) is 9.59 Å². The van der Waals surface area contributed by atoms with Crippen molar-refractivity contribution in [2.75, 3.05) is 13.7 Å². The standard InChI is InChI=1S/C31H35ClN2O4/c1-37-27-16-8-12-24(18-27)21-34(30(35)22-38-28-17-9-13-25(32)20-28)29(19-23-10-4-2-5-11-23)31(36)33-26-14-6-3-7-15-26/h2,4-5,8-13,16-18,20,26,29H,3,6-7,14-15,19,21-22H2,1H3,(H,33,36). The zero-order valence-corrected chi connectivity index (χ0v) is 22.5. The Morgan fingerprint density at radius 2 is 1.63 bits per heavy atom. The summed E-state index contributed by atoms with van der Waals surface area (Å²) in [4.78, 5) is 29.2. The number of amides is 2. The van der Waals surface area contributed by atoms with E-state index in [0.717, 1.165) is 36.8 Å². The molecule has 3 aromatic rings. The van der Waals surface area contributed by atoms with Gasteiger partial charge in [0, 0.05) is 24.0 Å². The zero-order valence-electron chi connectivity index (χ0n) is 21.8. The van der Waals surface area contributed by atoms with Gasteiger partial charge in [0.05, 0.1) is 7.11 Å². The van der Waals surface area contributed by atoms with Crippen molar-refractivity contribution in [3.8, 4) is 11.5 Å². The summed E-state index contributed by atoms with van der Waals surface area (Å²) in [6.45, 7) is 0.0246. The molecule has 2 amide bonds. The number of hydrogen-bond donors (Lipinski definition) is 1. The molecule has 4 rings (SSSR count). The van der Waals surface area contributed by atoms with E-state index >= 15 is 0 Å². The molecule has 6 nitrogen and oxygen atoms in total. The van der Waals surface area contributed by atoms with Crippen LogP contribution in [0.2, 0.25) is 5.02 Å². The Balaban J connectivity index is 1.62. The Kier molecular flexibility index (Phi) is 10.0. The summed E-state index contributed by atoms with van der Waals surface area (Å²) in [7, 11) is 1.61. The number of halogens is 1. The Morgan fingerprint density at radius 1 is 0.921 bits per heavy atom. The molecule has 0 radical (unpaired) electrons. The lowest BCUT2D eigenvalue weighted by atomic mass is 9.94. The number of carbonyl (C=O) groups is 2. The van der Waals surface area contributed by atoms with Gasteiger partial charge in [-0.2, -0.15) is 0 Å². The Morgan fingerprint density at radius 3 is 2.37 bits per heavy atom. The molecule has 1 saturated carbocycles. The Hall–Kier alpha value is -3.51. The van der Waals surface area contributed by atoms with Gasteiger partial charge >= 0.3 is 0 Å². The summed E-state index contributed by atoms with van der Waals surface area (Å²) >= 11 is 6.09. The molecule has 0 heterocycles. The second-order valence-electron chi connectivity index (χ2n) is 9.67. The number of hydrogen-bond acceptors (Lipinski definition) is 4. The third-order valence-electron chi connectivity index (χ3n) is 6.87. The van der Waals surface area contributed by atoms with Crippen LogP contribution >= 0.6 is 11.6 Å². The van der Waals surface area contributed by atoms with E-state index in [1.165, 1.54) is 6.42 Å². The van der Waals surface area contributed by atoms with Gasteiger partial charge in [-0.05, 0) is 54.3 Å². The van der Waals surface area contributed by atoms with Gasteiger partial charge in [-0.1, -0.05) is 79.4 Å². The van der Waals surface area contributed by atoms with E-state index in [4.69, 9.17) is 21.1 Å². The van der Waals surface area contributed by atoms with Crippen LogP contribution in [0.4, 0.5) is 0 Å². The molecule has 38 heavy (non-hydrogen) atoms. The van der Waals surface area contributed by atoms with Gasteiger partial charge < -0.3 is 19.7 Å². The monoisotopic (exact) mass is 534 g/mol. The van der Waals surface area contributed by atoms with Crippen molar-refractivity contribution in [1.82, 2.24) is 10.2 Å². The highest BCUT2D eigenvalue weighted by molar-refractivity contribution is 6.30. The molecule has 1 unspecified atom stereocenters. The number of benzene rings is 3. The minimum Gasteiger partial charge on any atom is -0.497 e. The van der Waals surface area contributed by atoms with Gasteiger partial charge in [-0.15, -0.1) is 0 Å². The molecular formula is C31H35ClN2O4. The number of ether oxygens (including phenoxy) is 2. The van der Waals surface area contributed by atoms with Crippen LogP contribution in [-0.2, 0) is 22.6 Å². The molecule has 1 N–H and O–H groups in total. The van der Waals surface area contributed by atoms with E-state index in [0.29, 0.717) is 22.9 Å². The fraction of sp³-hybridized carbons (Fsp3) is 0.355. The van der Waals surface area contributed by atoms with E-state index in [-0.39, 0.29) is 31.0 Å². The lowest BCUT2D eigenvalue weighted by molar-refractivity contribution is -0.143. The lowest BCUT2D eigenvalue weighted by Gasteiger charge is -2.33. The third-order valence-corrected chi connectivity index (χ3v) is 7.10. The normalized spacial score (nSPS) is 14.4. The molecule has 0 aliphatic heterocycles. The molecular weight excluding hydrogens is 500 g/mol. The largest absolute Gasteiger partial charge is 0.497 e. The summed E-state index contributed by atoms with van der Waals surface area (Å²) in [6, 6.07) is 23.7. The first kappa shape index (κ1) is 27.5. The van der Waals surface area contributed by atoms with Crippen molar-refractivity contribution in [3.05, 3.63) is 95.0 Å². The van der Waals surface area contributed by atoms with Gasteiger partial charge in [0.25, 0.3) is 5.91 Å². The van der Waals surface area contributed by atoms with E-state index < -0.39 is 6.04 Å². The molecule has 0 spiro atoms. The Labute approximate surface area is 229 Å². The van der Waals surface area contributed by atoms with Crippen molar-refractivity contribution < 1.29 is 19.1 Å². The highest BCUT2D eigenvalue weighted by atomic mass is 35.5. The molecule has 1 aliphatic carbocycles. The predicted octanol–water partition coefficient (Wildman–Crippen LogP) is 5.82. The average molecular weight is 535 g/mol. The first-order chi connectivity index (χ1) is 18.5. The molecule has 1 aliphatic rings. The fourth-order valence-electron chi connectivity index (χ4n) is 4.85. The van der Waals surface area contributed by atoms with Crippen LogP contribution in [0.25, 0.3) is 0 Å². The second-order valence-corrected chi connectivity index (χ2v) is 10.1. The maximum Gasteiger partial charge on any atom is 0.261 e. The smallest absolute Gasteiger partial charge is 0.261 e. The highest BCUT2D eigenvalue weighted by Gasteiger charge is 2.32. The Bertz CT molecular complexity index is 1200. The maximum atomic E-state index is 13.8. The van der Waals surface area contributed by atoms with Crippen molar-refractivity contribution in [2.24, 2.45) is 0 Å². The molecule has 1 atom stereocenters. The van der Waals surface area contributed by atoms with Gasteiger partial charge in [0.15, 0.2) is 6.61 Å². The summed E-state index contributed by atoms with van der Waals surface area (Å²) in [5, 5.41) is 3.77. The summed E-state index contributed by atoms with van der Waals surface area (Å²) < 4.78 is 11.2. The minimum atomic E-state index is -0.707. The fourth-order valence-corrected chi connectivity index (χ4v) is 5.03. The van der Waals surface area contributed by atoms with E-state index in [1.807, 2.05) is 54.6 Å². The zero-order chi connectivity index (χ0) is 26.7. The van der Waals surface area contributed by atoms with Crippen LogP contribution in [0.1, 0.15) is 43.2 Å². The van der Waals surface area contributed by atoms with Crippen LogP contribution in [0, 0.1) is 0 Å². The number of rotatable bonds is 11. The molecule has 3 aromatic carbocycles. The highest BCUT2D eigenvalue weighted by Crippen LogP contribution is 2.22. The second kappa shape index (κ2) is 13.9. The minimum absolute atomic E-state index is 0.131. The van der Waals surface area contributed by atoms with E-state index in [2.05, 4.69) is 5.32 Å². The van der Waals surface area contributed by atoms with Gasteiger partial charge in [-0.25, -0.2) is 0 Å². The summed E-state index contributed by atoms with van der Waals surface area (Å²) in [5.74, 6) is 0.766. The number of nitrogens with zero attached hydrogens (tertiary/aromatic N) is 1. The van der Waals surface area contributed by atoms with Crippen LogP contribution < -0.4 is 14.8 Å². The van der Waals surface area contributed by atoms with Crippen molar-refractivity contribution in [3.63, 3.8) is 0 Å². The predicted molar refractivity (Wildman–Crippen MR) is 149 cm³/mol. The first-order valence-corrected chi connectivity index (χ1v) is 13.5. The van der Waals surface area contributed by atoms with Crippen LogP contribution in [0.15, 0.2) is 78.9 Å². The SMILES string of the molecule is COc1cccc(CN(C(=O)COc2cccc(Cl)c2)C(Cc2ccccc2)C(=O)NC2CCCCC2)c1. The van der Waals surface area contributed by atoms with Crippen molar-refractivity contribution in [2.45, 2.75) is 57.2 Å². The molecule has 1 fully saturated rings. The topological polar surface area (TPSA) is 67.9 Å². The number of carbonyl (C=O) groups excluding carboxylic acids is 2. The van der Waals surface area contributed by atoms with Crippen molar-refractivity contribution in [1.29, 1.82) is 0 Å². The van der Waals surface area contributed by atoms with E-state index in [1.54, 1.807) is 36.3 Å². The summed E-state index contributed by atoms with van der Waals surface area (Å²) in [5.41, 5.74) is 1.85. The summed E-state index contributed by atoms with van der Waals surface area (Å²) in [6.07, 6.45) is 5.73. The molecule has 0 bridgehead atoms. The van der Waals surface area contributed by atoms with Gasteiger partial charge in [-0.3, -0.25) is 9.59 Å². The van der Waals surface area contributed by atoms with Crippen molar-refractivity contribution >= 4 is 23.4 Å². The average Bonchev–Trinajstić information content (AvgIpc) is 2.95. The first-order valence-electron chi connectivity index (χ1n) is 13.2. The number of nitrogens with one attached hydrogen (secondary N) is 1. The number of methoxy groups -OCH3 is 1. The molecule has 0 aromatic heterocycles. The molecule has 0 saturated heterocycles. The van der Waals surface area contributed by atoms with Gasteiger partial charge in [0.2, 0.25) is 5.91 Å². The molecule has 200 valence electrons. The quantitative estimate of drug-likeness (QED) is 0.337.